The van der Waals surface area contributed by atoms with E-state index in [2.05, 4.69) is 30.3 Å². The third kappa shape index (κ3) is 1.37. The lowest BCUT2D eigenvalue weighted by Crippen LogP contribution is -2.28. The summed E-state index contributed by atoms with van der Waals surface area (Å²) in [6, 6.07) is 10.7. The molecule has 0 radical (unpaired) electrons. The first kappa shape index (κ1) is 7.81. The van der Waals surface area contributed by atoms with Gasteiger partial charge in [0.15, 0.2) is 0 Å². The minimum atomic E-state index is 0.787. The maximum atomic E-state index is 5.57. The average molecular weight is 161 g/mol. The van der Waals surface area contributed by atoms with Gasteiger partial charge in [-0.1, -0.05) is 30.3 Å². The molecule has 0 unspecified atom stereocenters. The summed E-state index contributed by atoms with van der Waals surface area (Å²) in [5, 5.41) is 0. The molecule has 1 aliphatic rings. The highest BCUT2D eigenvalue weighted by molar-refractivity contribution is 5.21. The fourth-order valence-electron chi connectivity index (χ4n) is 1.93. The zero-order valence-electron chi connectivity index (χ0n) is 7.24. The highest BCUT2D eigenvalue weighted by atomic mass is 14.6. The molecule has 12 heavy (non-hydrogen) atoms. The number of hydrogen-bond acceptors (Lipinski definition) is 1. The number of benzene rings is 1. The van der Waals surface area contributed by atoms with E-state index in [4.69, 9.17) is 5.73 Å². The summed E-state index contributed by atoms with van der Waals surface area (Å²) in [4.78, 5) is 0. The van der Waals surface area contributed by atoms with Crippen LogP contribution in [0.4, 0.5) is 0 Å². The maximum absolute atomic E-state index is 5.57. The van der Waals surface area contributed by atoms with Crippen LogP contribution in [-0.4, -0.2) is 6.54 Å². The minimum Gasteiger partial charge on any atom is -0.330 e. The Balaban J connectivity index is 1.97. The van der Waals surface area contributed by atoms with Crippen LogP contribution in [0.3, 0.4) is 0 Å². The van der Waals surface area contributed by atoms with E-state index in [-0.39, 0.29) is 0 Å². The van der Waals surface area contributed by atoms with Crippen molar-refractivity contribution >= 4 is 0 Å². The molecular weight excluding hydrogens is 146 g/mol. The summed E-state index contributed by atoms with van der Waals surface area (Å²) in [5.41, 5.74) is 7.06. The highest BCUT2D eigenvalue weighted by Crippen LogP contribution is 2.40. The SMILES string of the molecule is NCC1CC(c2ccccc2)C1. The second-order valence-electron chi connectivity index (χ2n) is 3.68. The van der Waals surface area contributed by atoms with Crippen LogP contribution in [-0.2, 0) is 0 Å². The van der Waals surface area contributed by atoms with Crippen molar-refractivity contribution in [1.82, 2.24) is 0 Å². The van der Waals surface area contributed by atoms with Crippen molar-refractivity contribution in [2.75, 3.05) is 6.54 Å². The van der Waals surface area contributed by atoms with Gasteiger partial charge in [0.25, 0.3) is 0 Å². The first-order valence-electron chi connectivity index (χ1n) is 4.65. The van der Waals surface area contributed by atoms with Crippen LogP contribution < -0.4 is 5.73 Å². The molecule has 1 aliphatic carbocycles. The van der Waals surface area contributed by atoms with Crippen molar-refractivity contribution in [2.24, 2.45) is 11.7 Å². The normalized spacial score (nSPS) is 28.1. The average Bonchev–Trinajstić information content (AvgIpc) is 2.04. The fraction of sp³-hybridized carbons (Fsp3) is 0.455. The lowest BCUT2D eigenvalue weighted by Gasteiger charge is -2.34. The fourth-order valence-corrected chi connectivity index (χ4v) is 1.93. The molecule has 0 atom stereocenters. The zero-order valence-corrected chi connectivity index (χ0v) is 7.24. The van der Waals surface area contributed by atoms with Gasteiger partial charge < -0.3 is 5.73 Å². The van der Waals surface area contributed by atoms with E-state index >= 15 is 0 Å². The molecule has 1 heteroatoms. The summed E-state index contributed by atoms with van der Waals surface area (Å²) in [6.45, 7) is 0.864. The van der Waals surface area contributed by atoms with Crippen LogP contribution in [0.1, 0.15) is 24.3 Å². The Morgan fingerprint density at radius 3 is 2.42 bits per heavy atom. The Morgan fingerprint density at radius 1 is 1.17 bits per heavy atom. The standard InChI is InChI=1S/C11H15N/c12-8-9-6-11(7-9)10-4-2-1-3-5-10/h1-5,9,11H,6-8,12H2. The second kappa shape index (κ2) is 3.28. The molecule has 0 bridgehead atoms. The van der Waals surface area contributed by atoms with E-state index in [0.29, 0.717) is 0 Å². The molecule has 1 fully saturated rings. The van der Waals surface area contributed by atoms with Gasteiger partial charge in [-0.2, -0.15) is 0 Å². The third-order valence-corrected chi connectivity index (χ3v) is 2.84. The van der Waals surface area contributed by atoms with Gasteiger partial charge in [-0.3, -0.25) is 0 Å². The first-order chi connectivity index (χ1) is 5.90. The summed E-state index contributed by atoms with van der Waals surface area (Å²) in [7, 11) is 0. The van der Waals surface area contributed by atoms with Gasteiger partial charge in [0.1, 0.15) is 0 Å². The molecule has 0 saturated heterocycles. The van der Waals surface area contributed by atoms with Crippen molar-refractivity contribution in [3.63, 3.8) is 0 Å². The van der Waals surface area contributed by atoms with Crippen LogP contribution >= 0.6 is 0 Å². The summed E-state index contributed by atoms with van der Waals surface area (Å²) >= 11 is 0. The number of hydrogen-bond donors (Lipinski definition) is 1. The molecular formula is C11H15N. The molecule has 0 aliphatic heterocycles. The van der Waals surface area contributed by atoms with E-state index in [1.807, 2.05) is 0 Å². The van der Waals surface area contributed by atoms with Gasteiger partial charge in [0.05, 0.1) is 0 Å². The minimum absolute atomic E-state index is 0.787. The Hall–Kier alpha value is -0.820. The van der Waals surface area contributed by atoms with Crippen molar-refractivity contribution in [3.05, 3.63) is 35.9 Å². The third-order valence-electron chi connectivity index (χ3n) is 2.84. The topological polar surface area (TPSA) is 26.0 Å². The molecule has 2 rings (SSSR count). The van der Waals surface area contributed by atoms with Gasteiger partial charge in [0, 0.05) is 0 Å². The summed E-state index contributed by atoms with van der Waals surface area (Å²) in [6.07, 6.45) is 2.58. The predicted molar refractivity (Wildman–Crippen MR) is 51.0 cm³/mol. The molecule has 0 spiro atoms. The van der Waals surface area contributed by atoms with Crippen LogP contribution in [0.15, 0.2) is 30.3 Å². The largest absolute Gasteiger partial charge is 0.330 e. The van der Waals surface area contributed by atoms with Crippen molar-refractivity contribution in [1.29, 1.82) is 0 Å². The molecule has 1 nitrogen and oxygen atoms in total. The van der Waals surface area contributed by atoms with Gasteiger partial charge in [-0.15, -0.1) is 0 Å². The highest BCUT2D eigenvalue weighted by Gasteiger charge is 2.28. The van der Waals surface area contributed by atoms with E-state index in [0.717, 1.165) is 18.4 Å². The van der Waals surface area contributed by atoms with Crippen LogP contribution in [0.25, 0.3) is 0 Å². The predicted octanol–water partition coefficient (Wildman–Crippen LogP) is 2.14. The van der Waals surface area contributed by atoms with Gasteiger partial charge in [0.2, 0.25) is 0 Å². The summed E-state index contributed by atoms with van der Waals surface area (Å²) < 4.78 is 0. The molecule has 1 saturated carbocycles. The Labute approximate surface area is 73.6 Å². The van der Waals surface area contributed by atoms with E-state index in [1.54, 1.807) is 0 Å². The summed E-state index contributed by atoms with van der Waals surface area (Å²) in [5.74, 6) is 1.58. The van der Waals surface area contributed by atoms with Crippen LogP contribution in [0.5, 0.6) is 0 Å². The molecule has 0 heterocycles. The van der Waals surface area contributed by atoms with Crippen LogP contribution in [0.2, 0.25) is 0 Å². The van der Waals surface area contributed by atoms with E-state index < -0.39 is 0 Å². The zero-order chi connectivity index (χ0) is 8.39. The lowest BCUT2D eigenvalue weighted by atomic mass is 9.71. The number of nitrogens with two attached hydrogens (primary N) is 1. The Kier molecular flexibility index (Phi) is 2.13. The van der Waals surface area contributed by atoms with Crippen molar-refractivity contribution in [2.45, 2.75) is 18.8 Å². The molecule has 1 aromatic carbocycles. The number of rotatable bonds is 2. The molecule has 1 aromatic rings. The van der Waals surface area contributed by atoms with Crippen LogP contribution in [0, 0.1) is 5.92 Å². The molecule has 0 aromatic heterocycles. The smallest absolute Gasteiger partial charge is 0.00484 e. The lowest BCUT2D eigenvalue weighted by molar-refractivity contribution is 0.272. The van der Waals surface area contributed by atoms with E-state index in [1.165, 1.54) is 18.4 Å². The first-order valence-corrected chi connectivity index (χ1v) is 4.65. The monoisotopic (exact) mass is 161 g/mol. The van der Waals surface area contributed by atoms with Gasteiger partial charge in [-0.25, -0.2) is 0 Å². The Morgan fingerprint density at radius 2 is 1.83 bits per heavy atom. The van der Waals surface area contributed by atoms with Gasteiger partial charge >= 0.3 is 0 Å². The Bertz CT molecular complexity index is 236. The van der Waals surface area contributed by atoms with E-state index in [9.17, 15) is 0 Å². The van der Waals surface area contributed by atoms with Gasteiger partial charge in [-0.05, 0) is 36.8 Å². The quantitative estimate of drug-likeness (QED) is 0.706. The maximum Gasteiger partial charge on any atom is -0.00484 e. The van der Waals surface area contributed by atoms with Crippen molar-refractivity contribution in [3.8, 4) is 0 Å². The molecule has 2 N–H and O–H groups in total. The second-order valence-corrected chi connectivity index (χ2v) is 3.68. The van der Waals surface area contributed by atoms with Crippen molar-refractivity contribution < 1.29 is 0 Å². The molecule has 64 valence electrons. The molecule has 0 amide bonds.